The molecule has 0 atom stereocenters. The lowest BCUT2D eigenvalue weighted by Gasteiger charge is -2.07. The highest BCUT2D eigenvalue weighted by molar-refractivity contribution is 6.32. The van der Waals surface area contributed by atoms with Gasteiger partial charge in [0.05, 0.1) is 11.9 Å². The van der Waals surface area contributed by atoms with E-state index in [9.17, 15) is 13.2 Å². The van der Waals surface area contributed by atoms with Crippen molar-refractivity contribution in [3.05, 3.63) is 22.7 Å². The molecule has 0 aliphatic carbocycles. The minimum Gasteiger partial charge on any atom is -0.331 e. The lowest BCUT2D eigenvalue weighted by molar-refractivity contribution is -0.0836. The molecule has 0 saturated heterocycles. The Morgan fingerprint density at radius 1 is 1.50 bits per heavy atom. The molecule has 0 amide bonds. The van der Waals surface area contributed by atoms with Gasteiger partial charge in [0.1, 0.15) is 10.9 Å². The van der Waals surface area contributed by atoms with Crippen LogP contribution in [0.4, 0.5) is 13.2 Å². The zero-order valence-corrected chi connectivity index (χ0v) is 9.89. The van der Waals surface area contributed by atoms with Crippen LogP contribution in [0.25, 0.3) is 6.08 Å². The number of halogens is 4. The molecule has 1 rings (SSSR count). The predicted octanol–water partition coefficient (Wildman–Crippen LogP) is 3.69. The molecule has 0 aromatic carbocycles. The van der Waals surface area contributed by atoms with Gasteiger partial charge in [-0.25, -0.2) is 4.98 Å². The van der Waals surface area contributed by atoms with Crippen LogP contribution in [0.1, 0.15) is 31.3 Å². The Morgan fingerprint density at radius 3 is 2.44 bits per heavy atom. The number of alkyl halides is 3. The Kier molecular flexibility index (Phi) is 3.68. The average Bonchev–Trinajstić information content (AvgIpc) is 2.46. The van der Waals surface area contributed by atoms with Gasteiger partial charge in [-0.05, 0) is 6.08 Å². The van der Waals surface area contributed by atoms with Gasteiger partial charge in [0.2, 0.25) is 0 Å². The molecule has 6 heteroatoms. The van der Waals surface area contributed by atoms with Crippen molar-refractivity contribution < 1.29 is 13.2 Å². The van der Waals surface area contributed by atoms with Crippen molar-refractivity contribution in [2.24, 2.45) is 7.05 Å². The summed E-state index contributed by atoms with van der Waals surface area (Å²) < 4.78 is 38.2. The summed E-state index contributed by atoms with van der Waals surface area (Å²) in [6.07, 6.45) is -2.26. The number of aromatic nitrogens is 2. The maximum absolute atomic E-state index is 12.2. The maximum Gasteiger partial charge on any atom is 0.427 e. The van der Waals surface area contributed by atoms with Crippen LogP contribution in [-0.2, 0) is 7.05 Å². The lowest BCUT2D eigenvalue weighted by atomic mass is 10.2. The molecule has 1 heterocycles. The van der Waals surface area contributed by atoms with Crippen LogP contribution in [0, 0.1) is 0 Å². The smallest absolute Gasteiger partial charge is 0.331 e. The fraction of sp³-hybridized carbons (Fsp3) is 0.500. The molecular formula is C10H12ClF3N2. The molecule has 90 valence electrons. The summed E-state index contributed by atoms with van der Waals surface area (Å²) in [6.45, 7) is 3.84. The summed E-state index contributed by atoms with van der Waals surface area (Å²) in [6, 6.07) is 0. The zero-order chi connectivity index (χ0) is 12.5. The Balaban J connectivity index is 3.08. The minimum atomic E-state index is -4.51. The molecule has 1 aromatic rings. The molecule has 0 aliphatic rings. The molecule has 0 radical (unpaired) electrons. The molecule has 0 fully saturated rings. The second-order valence-corrected chi connectivity index (χ2v) is 4.15. The van der Waals surface area contributed by atoms with Gasteiger partial charge in [0, 0.05) is 13.0 Å². The van der Waals surface area contributed by atoms with Gasteiger partial charge >= 0.3 is 6.18 Å². The van der Waals surface area contributed by atoms with Crippen LogP contribution in [0.15, 0.2) is 11.2 Å². The van der Waals surface area contributed by atoms with E-state index in [-0.39, 0.29) is 5.92 Å². The number of nitrogens with zero attached hydrogens (tertiary/aromatic N) is 2. The summed E-state index contributed by atoms with van der Waals surface area (Å²) >= 11 is 5.15. The first-order valence-electron chi connectivity index (χ1n) is 4.69. The third-order valence-electron chi connectivity index (χ3n) is 2.12. The number of hydrogen-bond donors (Lipinski definition) is 0. The van der Waals surface area contributed by atoms with Gasteiger partial charge in [-0.2, -0.15) is 13.2 Å². The first kappa shape index (κ1) is 13.1. The van der Waals surface area contributed by atoms with Crippen molar-refractivity contribution >= 4 is 17.7 Å². The Morgan fingerprint density at radius 2 is 2.06 bits per heavy atom. The van der Waals surface area contributed by atoms with E-state index in [2.05, 4.69) is 4.98 Å². The third-order valence-corrected chi connectivity index (χ3v) is 2.45. The molecule has 0 saturated carbocycles. The van der Waals surface area contributed by atoms with Gasteiger partial charge < -0.3 is 4.57 Å². The van der Waals surface area contributed by atoms with Crippen molar-refractivity contribution in [2.75, 3.05) is 0 Å². The second kappa shape index (κ2) is 4.49. The minimum absolute atomic E-state index is 0.150. The van der Waals surface area contributed by atoms with Crippen molar-refractivity contribution in [3.8, 4) is 0 Å². The Bertz CT molecular complexity index is 405. The number of allylic oxidation sites excluding steroid dienone is 1. The van der Waals surface area contributed by atoms with E-state index < -0.39 is 11.2 Å². The standard InChI is InChI=1S/C10H12ClF3N2/c1-6(2)9-15-5-7(16(9)3)4-8(11)10(12,13)14/h4-6H,1-3H3/b8-4-. The molecule has 16 heavy (non-hydrogen) atoms. The normalized spacial score (nSPS) is 13.6. The van der Waals surface area contributed by atoms with Crippen LogP contribution < -0.4 is 0 Å². The van der Waals surface area contributed by atoms with E-state index >= 15 is 0 Å². The summed E-state index contributed by atoms with van der Waals surface area (Å²) in [5.74, 6) is 0.870. The van der Waals surface area contributed by atoms with Gasteiger partial charge in [0.15, 0.2) is 0 Å². The highest BCUT2D eigenvalue weighted by Crippen LogP contribution is 2.30. The fourth-order valence-corrected chi connectivity index (χ4v) is 1.43. The van der Waals surface area contributed by atoms with Crippen LogP contribution in [0.2, 0.25) is 0 Å². The summed E-state index contributed by atoms with van der Waals surface area (Å²) in [7, 11) is 1.66. The molecule has 0 N–H and O–H groups in total. The number of rotatable bonds is 2. The van der Waals surface area contributed by atoms with Gasteiger partial charge in [0.25, 0.3) is 0 Å². The fourth-order valence-electron chi connectivity index (χ4n) is 1.32. The van der Waals surface area contributed by atoms with Crippen LogP contribution >= 0.6 is 11.6 Å². The van der Waals surface area contributed by atoms with Crippen molar-refractivity contribution in [2.45, 2.75) is 25.9 Å². The molecule has 2 nitrogen and oxygen atoms in total. The van der Waals surface area contributed by atoms with E-state index in [0.29, 0.717) is 5.69 Å². The first-order chi connectivity index (χ1) is 7.23. The van der Waals surface area contributed by atoms with Crippen molar-refractivity contribution in [1.29, 1.82) is 0 Å². The number of hydrogen-bond acceptors (Lipinski definition) is 1. The van der Waals surface area contributed by atoms with Gasteiger partial charge in [-0.1, -0.05) is 25.4 Å². The average molecular weight is 253 g/mol. The van der Waals surface area contributed by atoms with Crippen LogP contribution in [0.5, 0.6) is 0 Å². The molecule has 0 unspecified atom stereocenters. The summed E-state index contributed by atoms with van der Waals surface area (Å²) in [5, 5.41) is -1.15. The second-order valence-electron chi connectivity index (χ2n) is 3.75. The van der Waals surface area contributed by atoms with Gasteiger partial charge in [-0.3, -0.25) is 0 Å². The Labute approximate surface area is 96.7 Å². The zero-order valence-electron chi connectivity index (χ0n) is 9.14. The Hall–Kier alpha value is -0.970. The van der Waals surface area contributed by atoms with E-state index in [4.69, 9.17) is 11.6 Å². The van der Waals surface area contributed by atoms with E-state index in [0.717, 1.165) is 11.9 Å². The molecule has 0 spiro atoms. The van der Waals surface area contributed by atoms with Gasteiger partial charge in [-0.15, -0.1) is 0 Å². The SMILES string of the molecule is CC(C)c1ncc(/C=C(\Cl)C(F)(F)F)n1C. The predicted molar refractivity (Wildman–Crippen MR) is 57.2 cm³/mol. The van der Waals surface area contributed by atoms with Crippen molar-refractivity contribution in [3.63, 3.8) is 0 Å². The molecule has 0 aliphatic heterocycles. The third kappa shape index (κ3) is 2.78. The number of imidazole rings is 1. The topological polar surface area (TPSA) is 17.8 Å². The largest absolute Gasteiger partial charge is 0.427 e. The highest BCUT2D eigenvalue weighted by atomic mass is 35.5. The molecule has 0 bridgehead atoms. The summed E-state index contributed by atoms with van der Waals surface area (Å²) in [4.78, 5) is 4.04. The molecule has 1 aromatic heterocycles. The highest BCUT2D eigenvalue weighted by Gasteiger charge is 2.32. The van der Waals surface area contributed by atoms with Crippen LogP contribution in [-0.4, -0.2) is 15.7 Å². The van der Waals surface area contributed by atoms with E-state index in [1.165, 1.54) is 6.20 Å². The van der Waals surface area contributed by atoms with E-state index in [1.807, 2.05) is 13.8 Å². The van der Waals surface area contributed by atoms with Crippen molar-refractivity contribution in [1.82, 2.24) is 9.55 Å². The quantitative estimate of drug-likeness (QED) is 0.785. The lowest BCUT2D eigenvalue weighted by Crippen LogP contribution is -2.07. The maximum atomic E-state index is 12.2. The summed E-state index contributed by atoms with van der Waals surface area (Å²) in [5.41, 5.74) is 0.339. The van der Waals surface area contributed by atoms with E-state index in [1.54, 1.807) is 11.6 Å². The van der Waals surface area contributed by atoms with Crippen LogP contribution in [0.3, 0.4) is 0 Å². The first-order valence-corrected chi connectivity index (χ1v) is 5.07. The monoisotopic (exact) mass is 252 g/mol. The molecular weight excluding hydrogens is 241 g/mol.